The van der Waals surface area contributed by atoms with Crippen LogP contribution in [0.15, 0.2) is 54.5 Å². The van der Waals surface area contributed by atoms with Crippen molar-refractivity contribution in [2.24, 2.45) is 0 Å². The zero-order valence-electron chi connectivity index (χ0n) is 15.1. The fourth-order valence-electron chi connectivity index (χ4n) is 3.21. The van der Waals surface area contributed by atoms with E-state index in [9.17, 15) is 4.79 Å². The van der Waals surface area contributed by atoms with Gasteiger partial charge in [-0.1, -0.05) is 23.7 Å². The molecule has 2 N–H and O–H groups in total. The maximum absolute atomic E-state index is 11.3. The normalized spacial score (nSPS) is 16.4. The molecule has 3 aromatic rings. The molecule has 0 radical (unpaired) electrons. The number of anilines is 1. The van der Waals surface area contributed by atoms with E-state index in [1.807, 2.05) is 36.4 Å². The Labute approximate surface area is 171 Å². The first-order chi connectivity index (χ1) is 13.6. The third-order valence-electron chi connectivity index (χ3n) is 4.44. The summed E-state index contributed by atoms with van der Waals surface area (Å²) in [5, 5.41) is 11.9. The highest BCUT2D eigenvalue weighted by Crippen LogP contribution is 2.52. The monoisotopic (exact) mass is 411 g/mol. The van der Waals surface area contributed by atoms with Gasteiger partial charge in [-0.3, -0.25) is 4.79 Å². The fraction of sp³-hybridized carbons (Fsp3) is 0.200. The smallest absolute Gasteiger partial charge is 0.222 e. The van der Waals surface area contributed by atoms with Gasteiger partial charge in [-0.25, -0.2) is 4.98 Å². The Morgan fingerprint density at radius 3 is 2.86 bits per heavy atom. The van der Waals surface area contributed by atoms with Crippen LogP contribution in [0.1, 0.15) is 35.5 Å². The highest BCUT2D eigenvalue weighted by Gasteiger charge is 2.29. The lowest BCUT2D eigenvalue weighted by Gasteiger charge is -2.11. The summed E-state index contributed by atoms with van der Waals surface area (Å²) >= 11 is 7.78. The van der Waals surface area contributed by atoms with Crippen molar-refractivity contribution in [3.63, 3.8) is 0 Å². The summed E-state index contributed by atoms with van der Waals surface area (Å²) in [6.45, 7) is 1.48. The Hall–Kier alpha value is -2.64. The minimum atomic E-state index is -0.132. The van der Waals surface area contributed by atoms with E-state index in [0.29, 0.717) is 5.82 Å². The molecule has 0 fully saturated rings. The molecule has 0 spiro atoms. The number of H-pyrrole nitrogens is 1. The number of carbonyl (C=O) groups excluding carboxylic acids is 1. The number of pyridine rings is 1. The van der Waals surface area contributed by atoms with Gasteiger partial charge in [0, 0.05) is 23.4 Å². The molecule has 142 valence electrons. The Kier molecular flexibility index (Phi) is 5.45. The molecule has 0 aliphatic carbocycles. The van der Waals surface area contributed by atoms with Crippen molar-refractivity contribution >= 4 is 40.0 Å². The highest BCUT2D eigenvalue weighted by molar-refractivity contribution is 8.08. The maximum Gasteiger partial charge on any atom is 0.222 e. The molecule has 1 aliphatic heterocycles. The Bertz CT molecular complexity index is 1020. The summed E-state index contributed by atoms with van der Waals surface area (Å²) in [4.78, 5) is 19.8. The van der Waals surface area contributed by atoms with E-state index >= 15 is 0 Å². The lowest BCUT2D eigenvalue weighted by atomic mass is 9.98. The molecule has 2 aromatic heterocycles. The summed E-state index contributed by atoms with van der Waals surface area (Å²) in [5.74, 6) is 1.22. The number of allylic oxidation sites excluding steroid dienone is 1. The van der Waals surface area contributed by atoms with Gasteiger partial charge in [0.1, 0.15) is 12.1 Å². The van der Waals surface area contributed by atoms with Crippen molar-refractivity contribution in [1.82, 2.24) is 20.2 Å². The van der Waals surface area contributed by atoms with Crippen LogP contribution in [0, 0.1) is 0 Å². The van der Waals surface area contributed by atoms with Crippen LogP contribution in [0.3, 0.4) is 0 Å². The van der Waals surface area contributed by atoms with Crippen molar-refractivity contribution in [3.05, 3.63) is 76.5 Å². The number of hydrogen-bond acceptors (Lipinski definition) is 5. The number of halogens is 1. The van der Waals surface area contributed by atoms with Gasteiger partial charge in [-0.05, 0) is 53.8 Å². The lowest BCUT2D eigenvalue weighted by molar-refractivity contribution is -0.114. The predicted molar refractivity (Wildman–Crippen MR) is 112 cm³/mol. The molecule has 1 amide bonds. The Morgan fingerprint density at radius 2 is 2.14 bits per heavy atom. The van der Waals surface area contributed by atoms with Crippen LogP contribution >= 0.6 is 23.4 Å². The molecule has 8 heteroatoms. The van der Waals surface area contributed by atoms with E-state index in [1.54, 1.807) is 24.3 Å². The SMILES string of the molecule is CC(=O)Nc1cc(C2CC(Cc3ccc(Cl)cc3)=C(c3nnc[nH]3)S2)ccn1. The molecular formula is C20H18ClN5OS. The van der Waals surface area contributed by atoms with Crippen molar-refractivity contribution < 1.29 is 4.79 Å². The van der Waals surface area contributed by atoms with Crippen LogP contribution in [0.2, 0.25) is 5.02 Å². The van der Waals surface area contributed by atoms with Gasteiger partial charge in [-0.15, -0.1) is 22.0 Å². The van der Waals surface area contributed by atoms with Crippen LogP contribution in [0.5, 0.6) is 0 Å². The molecule has 0 bridgehead atoms. The third-order valence-corrected chi connectivity index (χ3v) is 6.13. The second kappa shape index (κ2) is 8.16. The quantitative estimate of drug-likeness (QED) is 0.638. The molecule has 0 saturated carbocycles. The van der Waals surface area contributed by atoms with Crippen LogP contribution in [-0.2, 0) is 11.2 Å². The number of rotatable bonds is 5. The number of aromatic nitrogens is 4. The standard InChI is InChI=1S/C20H18ClN5OS/c1-12(27)25-18-10-14(6-7-22-18)17-9-15(8-13-2-4-16(21)5-3-13)19(28-17)20-23-11-24-26-20/h2-7,10-11,17H,8-9H2,1H3,(H,22,25,27)(H,23,24,26). The van der Waals surface area contributed by atoms with E-state index in [2.05, 4.69) is 25.5 Å². The van der Waals surface area contributed by atoms with E-state index < -0.39 is 0 Å². The Balaban J connectivity index is 1.61. The number of nitrogens with one attached hydrogen (secondary N) is 2. The third kappa shape index (κ3) is 4.26. The van der Waals surface area contributed by atoms with Crippen molar-refractivity contribution in [2.75, 3.05) is 5.32 Å². The minimum absolute atomic E-state index is 0.132. The number of carbonyl (C=O) groups is 1. The molecule has 1 unspecified atom stereocenters. The second-order valence-corrected chi connectivity index (χ2v) is 8.19. The largest absolute Gasteiger partial charge is 0.327 e. The maximum atomic E-state index is 11.3. The van der Waals surface area contributed by atoms with Crippen LogP contribution in [0.25, 0.3) is 4.91 Å². The van der Waals surface area contributed by atoms with Gasteiger partial charge < -0.3 is 10.3 Å². The van der Waals surface area contributed by atoms with E-state index in [0.717, 1.165) is 34.2 Å². The number of hydrogen-bond donors (Lipinski definition) is 2. The first kappa shape index (κ1) is 18.7. The zero-order valence-corrected chi connectivity index (χ0v) is 16.7. The first-order valence-corrected chi connectivity index (χ1v) is 10.1. The van der Waals surface area contributed by atoms with Gasteiger partial charge in [0.05, 0.1) is 4.91 Å². The zero-order chi connectivity index (χ0) is 19.5. The molecule has 28 heavy (non-hydrogen) atoms. The van der Waals surface area contributed by atoms with E-state index in [1.165, 1.54) is 18.1 Å². The van der Waals surface area contributed by atoms with Crippen molar-refractivity contribution in [1.29, 1.82) is 0 Å². The number of benzene rings is 1. The molecule has 6 nitrogen and oxygen atoms in total. The minimum Gasteiger partial charge on any atom is -0.327 e. The van der Waals surface area contributed by atoms with E-state index in [-0.39, 0.29) is 11.2 Å². The van der Waals surface area contributed by atoms with E-state index in [4.69, 9.17) is 11.6 Å². The average molecular weight is 412 g/mol. The lowest BCUT2D eigenvalue weighted by Crippen LogP contribution is -2.07. The highest BCUT2D eigenvalue weighted by atomic mass is 35.5. The predicted octanol–water partition coefficient (Wildman–Crippen LogP) is 4.64. The summed E-state index contributed by atoms with van der Waals surface area (Å²) in [6, 6.07) is 11.8. The first-order valence-electron chi connectivity index (χ1n) is 8.81. The molecule has 4 rings (SSSR count). The van der Waals surface area contributed by atoms with Gasteiger partial charge in [0.25, 0.3) is 0 Å². The van der Waals surface area contributed by atoms with Gasteiger partial charge in [-0.2, -0.15) is 0 Å². The molecule has 1 aliphatic rings. The molecular weight excluding hydrogens is 394 g/mol. The second-order valence-electron chi connectivity index (χ2n) is 6.54. The molecule has 1 aromatic carbocycles. The molecule has 0 saturated heterocycles. The van der Waals surface area contributed by atoms with Gasteiger partial charge in [0.2, 0.25) is 5.91 Å². The summed E-state index contributed by atoms with van der Waals surface area (Å²) in [7, 11) is 0. The van der Waals surface area contributed by atoms with Gasteiger partial charge in [0.15, 0.2) is 5.82 Å². The van der Waals surface area contributed by atoms with Crippen LogP contribution < -0.4 is 5.32 Å². The number of amides is 1. The summed E-state index contributed by atoms with van der Waals surface area (Å²) < 4.78 is 0. The summed E-state index contributed by atoms with van der Waals surface area (Å²) in [5.41, 5.74) is 3.62. The molecule has 3 heterocycles. The van der Waals surface area contributed by atoms with Crippen LogP contribution in [-0.4, -0.2) is 26.1 Å². The number of nitrogens with zero attached hydrogens (tertiary/aromatic N) is 3. The molecule has 1 atom stereocenters. The number of aromatic amines is 1. The van der Waals surface area contributed by atoms with Crippen molar-refractivity contribution in [2.45, 2.75) is 25.0 Å². The number of thioether (sulfide) groups is 1. The van der Waals surface area contributed by atoms with Crippen molar-refractivity contribution in [3.8, 4) is 0 Å². The van der Waals surface area contributed by atoms with Gasteiger partial charge >= 0.3 is 0 Å². The fourth-order valence-corrected chi connectivity index (χ4v) is 4.72. The Morgan fingerprint density at radius 1 is 1.32 bits per heavy atom. The topological polar surface area (TPSA) is 83.6 Å². The average Bonchev–Trinajstić information content (AvgIpc) is 3.33. The van der Waals surface area contributed by atoms with Crippen LogP contribution in [0.4, 0.5) is 5.82 Å². The summed E-state index contributed by atoms with van der Waals surface area (Å²) in [6.07, 6.45) is 5.02.